The topological polar surface area (TPSA) is 130 Å². The Morgan fingerprint density at radius 2 is 1.64 bits per heavy atom. The summed E-state index contributed by atoms with van der Waals surface area (Å²) in [4.78, 5) is 8.32. The van der Waals surface area contributed by atoms with Crippen molar-refractivity contribution in [2.75, 3.05) is 17.8 Å². The molecule has 14 heteroatoms. The van der Waals surface area contributed by atoms with Crippen LogP contribution in [0.5, 0.6) is 0 Å². The van der Waals surface area contributed by atoms with Gasteiger partial charge in [-0.3, -0.25) is 9.71 Å². The quantitative estimate of drug-likeness (QED) is 0.149. The van der Waals surface area contributed by atoms with E-state index in [0.29, 0.717) is 36.3 Å². The van der Waals surface area contributed by atoms with Gasteiger partial charge < -0.3 is 14.9 Å². The van der Waals surface area contributed by atoms with Gasteiger partial charge >= 0.3 is 0 Å². The van der Waals surface area contributed by atoms with Crippen LogP contribution in [0.25, 0.3) is 11.4 Å². The SMILES string of the molecule is Cl.Cl.O=S(=O)(Nc1ccc(CCNC[C@H](O)c2cccnc2)cc1)c1ccc(-c2noc(Cc3ccc(F)c(F)c3)n2)cc1. The van der Waals surface area contributed by atoms with Gasteiger partial charge in [0.1, 0.15) is 0 Å². The zero-order valence-corrected chi connectivity index (χ0v) is 25.5. The van der Waals surface area contributed by atoms with Crippen molar-refractivity contribution >= 4 is 40.5 Å². The minimum absolute atomic E-state index is 0. The third kappa shape index (κ3) is 9.04. The minimum Gasteiger partial charge on any atom is -0.387 e. The molecule has 232 valence electrons. The van der Waals surface area contributed by atoms with Gasteiger partial charge in [0.2, 0.25) is 11.7 Å². The Hall–Kier alpha value is -3.94. The van der Waals surface area contributed by atoms with Crippen LogP contribution in [0.2, 0.25) is 0 Å². The number of aliphatic hydroxyl groups excluding tert-OH is 1. The molecule has 0 fully saturated rings. The average molecular weight is 665 g/mol. The summed E-state index contributed by atoms with van der Waals surface area (Å²) in [6.45, 7) is 1.04. The monoisotopic (exact) mass is 663 g/mol. The van der Waals surface area contributed by atoms with Gasteiger partial charge in [0.15, 0.2) is 11.6 Å². The maximum absolute atomic E-state index is 13.5. The Morgan fingerprint density at radius 3 is 2.32 bits per heavy atom. The molecular weight excluding hydrogens is 635 g/mol. The predicted octanol–water partition coefficient (Wildman–Crippen LogP) is 5.51. The predicted molar refractivity (Wildman–Crippen MR) is 166 cm³/mol. The Balaban J connectivity index is 0.00000264. The van der Waals surface area contributed by atoms with Crippen molar-refractivity contribution in [3.05, 3.63) is 125 Å². The van der Waals surface area contributed by atoms with E-state index in [-0.39, 0.29) is 47.8 Å². The molecular formula is C30H29Cl2F2N5O4S. The van der Waals surface area contributed by atoms with E-state index >= 15 is 0 Å². The molecule has 0 unspecified atom stereocenters. The number of pyridine rings is 1. The number of benzene rings is 3. The Morgan fingerprint density at radius 1 is 0.909 bits per heavy atom. The summed E-state index contributed by atoms with van der Waals surface area (Å²) in [6, 6.07) is 20.2. The highest BCUT2D eigenvalue weighted by Gasteiger charge is 2.16. The van der Waals surface area contributed by atoms with E-state index in [2.05, 4.69) is 25.2 Å². The second-order valence-electron chi connectivity index (χ2n) is 9.52. The van der Waals surface area contributed by atoms with Crippen LogP contribution in [0.4, 0.5) is 14.5 Å². The van der Waals surface area contributed by atoms with E-state index in [1.54, 1.807) is 42.7 Å². The lowest BCUT2D eigenvalue weighted by Gasteiger charge is -2.12. The van der Waals surface area contributed by atoms with E-state index in [9.17, 15) is 22.3 Å². The van der Waals surface area contributed by atoms with Crippen molar-refractivity contribution in [3.63, 3.8) is 0 Å². The lowest BCUT2D eigenvalue weighted by molar-refractivity contribution is 0.174. The fraction of sp³-hybridized carbons (Fsp3) is 0.167. The number of hydrogen-bond donors (Lipinski definition) is 3. The first-order valence-electron chi connectivity index (χ1n) is 13.0. The summed E-state index contributed by atoms with van der Waals surface area (Å²) in [5.74, 6) is -1.46. The fourth-order valence-corrected chi connectivity index (χ4v) is 5.23. The molecule has 5 aromatic rings. The van der Waals surface area contributed by atoms with Crippen LogP contribution >= 0.6 is 24.8 Å². The molecule has 0 amide bonds. The molecule has 1 atom stereocenters. The van der Waals surface area contributed by atoms with E-state index in [0.717, 1.165) is 23.3 Å². The zero-order valence-electron chi connectivity index (χ0n) is 23.1. The molecule has 44 heavy (non-hydrogen) atoms. The summed E-state index contributed by atoms with van der Waals surface area (Å²) < 4.78 is 60.3. The number of nitrogens with one attached hydrogen (secondary N) is 2. The third-order valence-corrected chi connectivity index (χ3v) is 7.83. The van der Waals surface area contributed by atoms with Gasteiger partial charge in [-0.1, -0.05) is 29.4 Å². The first-order chi connectivity index (χ1) is 20.3. The van der Waals surface area contributed by atoms with Gasteiger partial charge in [0.05, 0.1) is 17.4 Å². The summed E-state index contributed by atoms with van der Waals surface area (Å²) in [7, 11) is -3.85. The molecule has 0 saturated carbocycles. The van der Waals surface area contributed by atoms with Crippen molar-refractivity contribution in [3.8, 4) is 11.4 Å². The molecule has 3 aromatic carbocycles. The number of nitrogens with zero attached hydrogens (tertiary/aromatic N) is 3. The van der Waals surface area contributed by atoms with Gasteiger partial charge in [-0.15, -0.1) is 24.8 Å². The Bertz CT molecular complexity index is 1740. The second kappa shape index (κ2) is 15.7. The van der Waals surface area contributed by atoms with Gasteiger partial charge in [0, 0.05) is 35.8 Å². The van der Waals surface area contributed by atoms with Crippen molar-refractivity contribution in [1.82, 2.24) is 20.4 Å². The largest absolute Gasteiger partial charge is 0.387 e. The number of hydrogen-bond acceptors (Lipinski definition) is 8. The van der Waals surface area contributed by atoms with E-state index < -0.39 is 27.8 Å². The number of sulfonamides is 1. The smallest absolute Gasteiger partial charge is 0.261 e. The second-order valence-corrected chi connectivity index (χ2v) is 11.2. The molecule has 0 aliphatic carbocycles. The third-order valence-electron chi connectivity index (χ3n) is 6.43. The molecule has 2 aromatic heterocycles. The Kier molecular flexibility index (Phi) is 12.3. The van der Waals surface area contributed by atoms with Gasteiger partial charge in [-0.25, -0.2) is 17.2 Å². The molecule has 0 bridgehead atoms. The molecule has 0 saturated heterocycles. The van der Waals surface area contributed by atoms with Gasteiger partial charge in [-0.2, -0.15) is 4.98 Å². The highest BCUT2D eigenvalue weighted by Crippen LogP contribution is 2.22. The van der Waals surface area contributed by atoms with Crippen LogP contribution in [0.15, 0.2) is 101 Å². The van der Waals surface area contributed by atoms with Crippen LogP contribution in [-0.2, 0) is 22.9 Å². The van der Waals surface area contributed by atoms with E-state index in [1.807, 2.05) is 18.2 Å². The summed E-state index contributed by atoms with van der Waals surface area (Å²) in [5.41, 5.74) is 3.17. The standard InChI is InChI=1S/C30H27F2N5O4S.2ClH/c31-26-12-5-21(16-27(26)32)17-29-35-30(36-41-29)22-6-10-25(11-7-22)42(39,40)37-24-8-3-20(4-9-24)13-15-34-19-28(38)23-2-1-14-33-18-23;;/h1-12,14,16,18,28,34,37-38H,13,15,17,19H2;2*1H/t28-;;/m0../s1. The summed E-state index contributed by atoms with van der Waals surface area (Å²) >= 11 is 0. The Labute approximate surface area is 265 Å². The highest BCUT2D eigenvalue weighted by molar-refractivity contribution is 7.92. The van der Waals surface area contributed by atoms with Crippen LogP contribution in [0, 0.1) is 11.6 Å². The molecule has 2 heterocycles. The highest BCUT2D eigenvalue weighted by atomic mass is 35.5. The average Bonchev–Trinajstić information content (AvgIpc) is 3.47. The first kappa shape index (κ1) is 34.5. The van der Waals surface area contributed by atoms with Crippen LogP contribution in [-0.4, -0.2) is 41.7 Å². The number of rotatable bonds is 12. The van der Waals surface area contributed by atoms with Crippen LogP contribution in [0.1, 0.15) is 28.7 Å². The maximum atomic E-state index is 13.5. The number of halogens is 4. The minimum atomic E-state index is -3.85. The molecule has 0 radical (unpaired) electrons. The first-order valence-corrected chi connectivity index (χ1v) is 14.5. The molecule has 9 nitrogen and oxygen atoms in total. The summed E-state index contributed by atoms with van der Waals surface area (Å²) in [6.07, 6.45) is 3.46. The van der Waals surface area contributed by atoms with Crippen LogP contribution < -0.4 is 10.0 Å². The van der Waals surface area contributed by atoms with Gasteiger partial charge in [0.25, 0.3) is 10.0 Å². The number of aliphatic hydroxyl groups is 1. The van der Waals surface area contributed by atoms with E-state index in [1.165, 1.54) is 18.2 Å². The van der Waals surface area contributed by atoms with E-state index in [4.69, 9.17) is 4.52 Å². The molecule has 5 rings (SSSR count). The maximum Gasteiger partial charge on any atom is 0.261 e. The fourth-order valence-electron chi connectivity index (χ4n) is 4.17. The number of anilines is 1. The van der Waals surface area contributed by atoms with Crippen molar-refractivity contribution in [1.29, 1.82) is 0 Å². The molecule has 3 N–H and O–H groups in total. The lowest BCUT2D eigenvalue weighted by Crippen LogP contribution is -2.23. The zero-order chi connectivity index (χ0) is 29.5. The van der Waals surface area contributed by atoms with Crippen molar-refractivity contribution in [2.24, 2.45) is 0 Å². The van der Waals surface area contributed by atoms with Crippen molar-refractivity contribution in [2.45, 2.75) is 23.8 Å². The molecule has 0 spiro atoms. The molecule has 0 aliphatic rings. The molecule has 0 aliphatic heterocycles. The number of aromatic nitrogens is 3. The van der Waals surface area contributed by atoms with Crippen LogP contribution in [0.3, 0.4) is 0 Å². The van der Waals surface area contributed by atoms with Crippen molar-refractivity contribution < 1.29 is 26.8 Å². The summed E-state index contributed by atoms with van der Waals surface area (Å²) in [5, 5.41) is 17.3. The van der Waals surface area contributed by atoms with Gasteiger partial charge in [-0.05, 0) is 78.7 Å². The normalized spacial score (nSPS) is 11.7. The lowest BCUT2D eigenvalue weighted by atomic mass is 10.1.